The lowest BCUT2D eigenvalue weighted by atomic mass is 10.1. The first-order valence-corrected chi connectivity index (χ1v) is 5.33. The van der Waals surface area contributed by atoms with E-state index < -0.39 is 12.6 Å². The summed E-state index contributed by atoms with van der Waals surface area (Å²) >= 11 is 0. The predicted molar refractivity (Wildman–Crippen MR) is 48.5 cm³/mol. The average Bonchev–Trinajstić information content (AvgIpc) is 2.02. The summed E-state index contributed by atoms with van der Waals surface area (Å²) in [6, 6.07) is 0. The number of hydrogen-bond acceptors (Lipinski definition) is 2. The Balaban J connectivity index is 3.94. The van der Waals surface area contributed by atoms with Crippen LogP contribution < -0.4 is 0 Å². The minimum Gasteiger partial charge on any atom is -0.411 e. The van der Waals surface area contributed by atoms with E-state index in [4.69, 9.17) is 5.21 Å². The second-order valence-corrected chi connectivity index (χ2v) is 4.39. The van der Waals surface area contributed by atoms with Crippen LogP contribution in [0.25, 0.3) is 0 Å². The summed E-state index contributed by atoms with van der Waals surface area (Å²) < 4.78 is 35.4. The molecule has 78 valence electrons. The van der Waals surface area contributed by atoms with Crippen molar-refractivity contribution in [1.29, 1.82) is 0 Å². The van der Waals surface area contributed by atoms with Crippen molar-refractivity contribution in [1.82, 2.24) is 0 Å². The highest BCUT2D eigenvalue weighted by Crippen LogP contribution is 2.26. The van der Waals surface area contributed by atoms with Crippen molar-refractivity contribution in [2.24, 2.45) is 5.16 Å². The number of halogens is 3. The van der Waals surface area contributed by atoms with Gasteiger partial charge in [0.1, 0.15) is 0 Å². The molecule has 0 saturated heterocycles. The Hall–Kier alpha value is -0.523. The Labute approximate surface area is 78.2 Å². The molecule has 6 heteroatoms. The molecule has 0 aliphatic carbocycles. The van der Waals surface area contributed by atoms with Crippen molar-refractivity contribution in [3.63, 3.8) is 0 Å². The van der Waals surface area contributed by atoms with Crippen LogP contribution in [0.15, 0.2) is 5.16 Å². The van der Waals surface area contributed by atoms with Crippen molar-refractivity contribution < 1.29 is 18.4 Å². The molecular weight excluding hydrogens is 199 g/mol. The summed E-state index contributed by atoms with van der Waals surface area (Å²) in [6.45, 7) is 1.77. The van der Waals surface area contributed by atoms with Gasteiger partial charge in [-0.2, -0.15) is 13.2 Å². The standard InChI is InChI=1S/C7H14F3NOSi/c1-2-5(11-12)6(13)3-4-7(8,9)10/h6,12H,2-4H2,1,13H3. The van der Waals surface area contributed by atoms with Gasteiger partial charge in [-0.25, -0.2) is 0 Å². The number of rotatable bonds is 4. The summed E-state index contributed by atoms with van der Waals surface area (Å²) in [5, 5.41) is 11.4. The zero-order chi connectivity index (χ0) is 10.5. The first-order chi connectivity index (χ1) is 5.90. The summed E-state index contributed by atoms with van der Waals surface area (Å²) in [5.74, 6) is 0. The summed E-state index contributed by atoms with van der Waals surface area (Å²) in [6.07, 6.45) is -4.33. The third-order valence-corrected chi connectivity index (χ3v) is 3.16. The van der Waals surface area contributed by atoms with Gasteiger partial charge in [-0.05, 0) is 18.4 Å². The van der Waals surface area contributed by atoms with Crippen molar-refractivity contribution >= 4 is 16.0 Å². The van der Waals surface area contributed by atoms with E-state index in [1.807, 2.05) is 0 Å². The number of alkyl halides is 3. The van der Waals surface area contributed by atoms with E-state index in [1.54, 1.807) is 6.92 Å². The molecule has 1 atom stereocenters. The van der Waals surface area contributed by atoms with E-state index in [-0.39, 0.29) is 12.0 Å². The molecule has 0 spiro atoms. The molecule has 0 bridgehead atoms. The topological polar surface area (TPSA) is 32.6 Å². The first-order valence-electron chi connectivity index (χ1n) is 4.18. The maximum atomic E-state index is 11.8. The minimum absolute atomic E-state index is 0.0446. The molecule has 1 N–H and O–H groups in total. The average molecular weight is 213 g/mol. The molecule has 2 nitrogen and oxygen atoms in total. The van der Waals surface area contributed by atoms with Gasteiger partial charge >= 0.3 is 6.18 Å². The number of oxime groups is 1. The lowest BCUT2D eigenvalue weighted by molar-refractivity contribution is -0.135. The maximum absolute atomic E-state index is 11.8. The van der Waals surface area contributed by atoms with Gasteiger partial charge in [-0.3, -0.25) is 0 Å². The zero-order valence-electron chi connectivity index (χ0n) is 7.73. The molecule has 0 radical (unpaired) electrons. The Bertz CT molecular complexity index is 181. The lowest BCUT2D eigenvalue weighted by Gasteiger charge is -2.12. The monoisotopic (exact) mass is 213 g/mol. The van der Waals surface area contributed by atoms with Crippen molar-refractivity contribution in [2.75, 3.05) is 0 Å². The first kappa shape index (κ1) is 12.5. The maximum Gasteiger partial charge on any atom is 0.389 e. The molecule has 0 fully saturated rings. The van der Waals surface area contributed by atoms with Gasteiger partial charge in [0, 0.05) is 16.7 Å². The van der Waals surface area contributed by atoms with Crippen LogP contribution >= 0.6 is 0 Å². The van der Waals surface area contributed by atoms with Crippen LogP contribution in [-0.2, 0) is 0 Å². The quantitative estimate of drug-likeness (QED) is 0.328. The van der Waals surface area contributed by atoms with Crippen LogP contribution in [-0.4, -0.2) is 27.3 Å². The van der Waals surface area contributed by atoms with E-state index in [1.165, 1.54) is 0 Å². The molecule has 0 aromatic rings. The van der Waals surface area contributed by atoms with E-state index in [2.05, 4.69) is 5.16 Å². The fourth-order valence-electron chi connectivity index (χ4n) is 1.06. The Morgan fingerprint density at radius 1 is 1.54 bits per heavy atom. The molecule has 1 unspecified atom stereocenters. The van der Waals surface area contributed by atoms with Gasteiger partial charge < -0.3 is 5.21 Å². The van der Waals surface area contributed by atoms with Crippen LogP contribution in [0, 0.1) is 0 Å². The summed E-state index contributed by atoms with van der Waals surface area (Å²) in [5.41, 5.74) is 0.313. The van der Waals surface area contributed by atoms with Crippen LogP contribution in [0.3, 0.4) is 0 Å². The van der Waals surface area contributed by atoms with E-state index >= 15 is 0 Å². The highest BCUT2D eigenvalue weighted by Gasteiger charge is 2.28. The van der Waals surface area contributed by atoms with E-state index in [0.29, 0.717) is 22.4 Å². The molecule has 0 aliphatic rings. The summed E-state index contributed by atoms with van der Waals surface area (Å²) in [4.78, 5) is 0. The van der Waals surface area contributed by atoms with Crippen LogP contribution in [0.5, 0.6) is 0 Å². The fraction of sp³-hybridized carbons (Fsp3) is 0.857. The van der Waals surface area contributed by atoms with Crippen LogP contribution in [0.4, 0.5) is 13.2 Å². The highest BCUT2D eigenvalue weighted by molar-refractivity contribution is 6.25. The van der Waals surface area contributed by atoms with Gasteiger partial charge in [-0.1, -0.05) is 12.1 Å². The van der Waals surface area contributed by atoms with Crippen molar-refractivity contribution in [3.05, 3.63) is 0 Å². The van der Waals surface area contributed by atoms with E-state index in [0.717, 1.165) is 0 Å². The van der Waals surface area contributed by atoms with Crippen LogP contribution in [0.2, 0.25) is 5.54 Å². The molecule has 0 aromatic heterocycles. The lowest BCUT2D eigenvalue weighted by Crippen LogP contribution is -2.13. The smallest absolute Gasteiger partial charge is 0.389 e. The van der Waals surface area contributed by atoms with Gasteiger partial charge in [0.2, 0.25) is 0 Å². The largest absolute Gasteiger partial charge is 0.411 e. The molecule has 0 amide bonds. The van der Waals surface area contributed by atoms with Gasteiger partial charge in [0.25, 0.3) is 0 Å². The molecule has 0 aliphatic heterocycles. The predicted octanol–water partition coefficient (Wildman–Crippen LogP) is 1.72. The molecule has 0 aromatic carbocycles. The van der Waals surface area contributed by atoms with E-state index in [9.17, 15) is 13.2 Å². The number of hydrogen-bond donors (Lipinski definition) is 1. The Kier molecular flexibility index (Phi) is 5.05. The minimum atomic E-state index is -4.10. The zero-order valence-corrected chi connectivity index (χ0v) is 9.73. The van der Waals surface area contributed by atoms with Crippen LogP contribution in [0.1, 0.15) is 26.2 Å². The Morgan fingerprint density at radius 3 is 2.38 bits per heavy atom. The normalized spacial score (nSPS) is 16.2. The molecule has 0 heterocycles. The fourth-order valence-corrected chi connectivity index (χ4v) is 1.88. The van der Waals surface area contributed by atoms with Gasteiger partial charge in [-0.15, -0.1) is 0 Å². The van der Waals surface area contributed by atoms with Crippen molar-refractivity contribution in [2.45, 2.75) is 37.9 Å². The van der Waals surface area contributed by atoms with Crippen molar-refractivity contribution in [3.8, 4) is 0 Å². The Morgan fingerprint density at radius 2 is 2.08 bits per heavy atom. The second kappa shape index (κ2) is 5.26. The van der Waals surface area contributed by atoms with Gasteiger partial charge in [0.05, 0.1) is 5.71 Å². The molecule has 0 rings (SSSR count). The molecule has 0 saturated carbocycles. The third kappa shape index (κ3) is 5.68. The number of nitrogens with zero attached hydrogens (tertiary/aromatic N) is 1. The van der Waals surface area contributed by atoms with Gasteiger partial charge in [0.15, 0.2) is 0 Å². The summed E-state index contributed by atoms with van der Waals surface area (Å²) in [7, 11) is 0.594. The SMILES string of the molecule is CCC(=NO)C([SiH3])CCC(F)(F)F. The molecule has 13 heavy (non-hydrogen) atoms. The second-order valence-electron chi connectivity index (χ2n) is 3.00. The highest BCUT2D eigenvalue weighted by atomic mass is 28.1. The third-order valence-electron chi connectivity index (χ3n) is 1.92. The molecular formula is C7H14F3NOSi.